The van der Waals surface area contributed by atoms with Crippen LogP contribution in [0.25, 0.3) is 119 Å². The van der Waals surface area contributed by atoms with Crippen molar-refractivity contribution >= 4 is 119 Å². The van der Waals surface area contributed by atoms with Gasteiger partial charge in [0.05, 0.1) is 33.1 Å². The first kappa shape index (κ1) is 126. The molecule has 0 saturated heterocycles. The molecule has 0 saturated carbocycles. The topological polar surface area (TPSA) is 142 Å². The standard InChI is InChI=1S/11C10H9N.11C2H6/c1-8-4-2-6-10-9(8)5-3-7-11-10;1-8-4-2-5-9-6-3-7-11-10(8)9;1-8-2-3-10-7-11-5-4-9(10)6-8;1-8-4-5-10-9(7-8)3-2-6-11-10;1-8-4-5-9-3-2-6-11-10(9)7-8;1-8-3-2-4-9-7-11-6-5-10(8)9;1-8-6-11-7-9-4-2-3-5-10(8)9;1-8-6-9-4-2-3-5-10(9)7-11-8;1-8-6-9-4-2-3-5-10(9)11-7-8;1-8-10-5-3-2-4-9(10)6-7-11-8;1-8-6-7-11-10-5-3-2-4-9(8)10;11*1-2/h11*2-7H,1H3;11*1-2H3. The lowest BCUT2D eigenvalue weighted by Crippen LogP contribution is -1.80. The summed E-state index contributed by atoms with van der Waals surface area (Å²) in [6.07, 6.45) is 26.0. The van der Waals surface area contributed by atoms with Gasteiger partial charge in [-0.05, 0) is 239 Å². The summed E-state index contributed by atoms with van der Waals surface area (Å²) >= 11 is 0. The molecule has 22 rings (SSSR count). The average molecular weight is 1910 g/mol. The van der Waals surface area contributed by atoms with Gasteiger partial charge in [-0.3, -0.25) is 54.8 Å². The zero-order valence-corrected chi connectivity index (χ0v) is 92.5. The van der Waals surface area contributed by atoms with Crippen molar-refractivity contribution in [2.45, 2.75) is 228 Å². The Morgan fingerprint density at radius 2 is 0.503 bits per heavy atom. The van der Waals surface area contributed by atoms with Crippen molar-refractivity contribution in [3.63, 3.8) is 0 Å². The summed E-state index contributed by atoms with van der Waals surface area (Å²) in [7, 11) is 0. The normalized spacial score (nSPS) is 9.15. The first-order valence-electron chi connectivity index (χ1n) is 51.4. The fraction of sp³-hybridized carbons (Fsp3) is 0.250. The summed E-state index contributed by atoms with van der Waals surface area (Å²) in [5, 5.41) is 19.8. The Hall–Kier alpha value is -15.1. The maximum absolute atomic E-state index is 4.28. The van der Waals surface area contributed by atoms with Crippen LogP contribution in [0.2, 0.25) is 0 Å². The highest BCUT2D eigenvalue weighted by Gasteiger charge is 2.02. The van der Waals surface area contributed by atoms with E-state index in [9.17, 15) is 0 Å². The molecule has 11 heterocycles. The summed E-state index contributed by atoms with van der Waals surface area (Å²) in [4.78, 5) is 46.1. The highest BCUT2D eigenvalue weighted by Crippen LogP contribution is 2.23. The maximum Gasteiger partial charge on any atom is 0.0731 e. The Labute approximate surface area is 860 Å². The third kappa shape index (κ3) is 44.5. The average Bonchev–Trinajstić information content (AvgIpc) is 0.840. The summed E-state index contributed by atoms with van der Waals surface area (Å²) in [6.45, 7) is 66.8. The molecular formula is C132H165N11. The summed E-state index contributed by atoms with van der Waals surface area (Å²) in [5.41, 5.74) is 20.1. The lowest BCUT2D eigenvalue weighted by Gasteiger charge is -1.98. The van der Waals surface area contributed by atoms with Gasteiger partial charge in [0.25, 0.3) is 0 Å². The Balaban J connectivity index is 0.000000771. The Morgan fingerprint density at radius 1 is 0.147 bits per heavy atom. The van der Waals surface area contributed by atoms with E-state index in [-0.39, 0.29) is 0 Å². The monoisotopic (exact) mass is 1900 g/mol. The summed E-state index contributed by atoms with van der Waals surface area (Å²) in [5.74, 6) is 0. The number of para-hydroxylation sites is 3. The number of nitrogens with zero attached hydrogens (tertiary/aromatic N) is 11. The van der Waals surface area contributed by atoms with E-state index < -0.39 is 0 Å². The molecule has 11 heteroatoms. The highest BCUT2D eigenvalue weighted by molar-refractivity contribution is 5.89. The molecule has 0 fully saturated rings. The third-order valence-electron chi connectivity index (χ3n) is 20.0. The third-order valence-corrected chi connectivity index (χ3v) is 20.0. The predicted molar refractivity (Wildman–Crippen MR) is 636 cm³/mol. The Bertz CT molecular complexity index is 6000. The zero-order valence-electron chi connectivity index (χ0n) is 92.5. The van der Waals surface area contributed by atoms with Gasteiger partial charge >= 0.3 is 0 Å². The number of aryl methyl sites for hydroxylation is 11. The van der Waals surface area contributed by atoms with Crippen LogP contribution in [0.3, 0.4) is 0 Å². The molecule has 11 nitrogen and oxygen atoms in total. The molecule has 11 aromatic heterocycles. The van der Waals surface area contributed by atoms with Crippen LogP contribution in [-0.2, 0) is 0 Å². The van der Waals surface area contributed by atoms with E-state index in [1.165, 1.54) is 136 Å². The van der Waals surface area contributed by atoms with Gasteiger partial charge in [0, 0.05) is 157 Å². The molecule has 0 radical (unpaired) electrons. The van der Waals surface area contributed by atoms with Crippen LogP contribution in [-0.4, -0.2) is 54.8 Å². The number of rotatable bonds is 0. The second-order valence-electron chi connectivity index (χ2n) is 29.4. The fourth-order valence-electron chi connectivity index (χ4n) is 13.5. The molecule has 0 atom stereocenters. The van der Waals surface area contributed by atoms with Gasteiger partial charge in [-0.1, -0.05) is 382 Å². The van der Waals surface area contributed by atoms with Crippen molar-refractivity contribution in [3.8, 4) is 0 Å². The largest absolute Gasteiger partial charge is 0.264 e. The van der Waals surface area contributed by atoms with Crippen LogP contribution in [0.1, 0.15) is 214 Å². The SMILES string of the molecule is CC.CC.CC.CC.CC.CC.CC.CC.CC.CC.CC.Cc1cc2ccccc2cn1.Cc1ccc2cccnc2c1.Cc1ccc2cnccc2c1.Cc1ccc2ncccc2c1.Cc1cccc2cccnc12.Cc1cccc2cnccc12.Cc1cccc2ncccc12.Cc1ccnc2ccccc12.Cc1cnc2ccccc2c1.Cc1cncc2ccccc12.Cc1nccc2ccccc12. The quantitative estimate of drug-likeness (QED) is 0.143. The number of fused-ring (bicyclic) bond motifs is 11. The van der Waals surface area contributed by atoms with Gasteiger partial charge in [-0.15, -0.1) is 0 Å². The number of benzene rings is 11. The molecule has 0 amide bonds. The smallest absolute Gasteiger partial charge is 0.0731 e. The van der Waals surface area contributed by atoms with Crippen molar-refractivity contribution < 1.29 is 0 Å². The molecule has 0 aliphatic rings. The van der Waals surface area contributed by atoms with E-state index >= 15 is 0 Å². The van der Waals surface area contributed by atoms with E-state index in [2.05, 4.69) is 299 Å². The van der Waals surface area contributed by atoms with Crippen LogP contribution < -0.4 is 0 Å². The van der Waals surface area contributed by atoms with Gasteiger partial charge in [0.1, 0.15) is 0 Å². The van der Waals surface area contributed by atoms with Gasteiger partial charge < -0.3 is 0 Å². The number of pyridine rings is 11. The minimum Gasteiger partial charge on any atom is -0.264 e. The second-order valence-corrected chi connectivity index (χ2v) is 29.4. The first-order valence-corrected chi connectivity index (χ1v) is 51.4. The van der Waals surface area contributed by atoms with Crippen molar-refractivity contribution in [2.75, 3.05) is 0 Å². The number of hydrogen-bond acceptors (Lipinski definition) is 11. The molecule has 143 heavy (non-hydrogen) atoms. The van der Waals surface area contributed by atoms with Crippen LogP contribution in [0.4, 0.5) is 0 Å². The molecule has 11 aromatic carbocycles. The fourth-order valence-corrected chi connectivity index (χ4v) is 13.5. The predicted octanol–water partition coefficient (Wildman–Crippen LogP) is 39.3. The molecule has 0 bridgehead atoms. The van der Waals surface area contributed by atoms with E-state index in [0.29, 0.717) is 0 Å². The molecule has 22 aromatic rings. The maximum atomic E-state index is 4.28. The van der Waals surface area contributed by atoms with Gasteiger partial charge in [0.15, 0.2) is 0 Å². The molecule has 0 aliphatic carbocycles. The van der Waals surface area contributed by atoms with Crippen molar-refractivity contribution in [3.05, 3.63) is 464 Å². The minimum atomic E-state index is 1.07. The van der Waals surface area contributed by atoms with Gasteiger partial charge in [-0.2, -0.15) is 0 Å². The molecular weight excluding hydrogens is 1740 g/mol. The molecule has 0 unspecified atom stereocenters. The molecule has 0 aliphatic heterocycles. The van der Waals surface area contributed by atoms with Crippen LogP contribution in [0.15, 0.2) is 402 Å². The van der Waals surface area contributed by atoms with Crippen LogP contribution in [0.5, 0.6) is 0 Å². The van der Waals surface area contributed by atoms with Gasteiger partial charge in [0.2, 0.25) is 0 Å². The summed E-state index contributed by atoms with van der Waals surface area (Å²) in [6, 6.07) is 107. The van der Waals surface area contributed by atoms with E-state index in [1.807, 2.05) is 386 Å². The number of hydrogen-bond donors (Lipinski definition) is 0. The second kappa shape index (κ2) is 77.7. The van der Waals surface area contributed by atoms with Crippen LogP contribution in [0, 0.1) is 76.2 Å². The molecule has 0 N–H and O–H groups in total. The first-order chi connectivity index (χ1) is 70.1. The molecule has 0 spiro atoms. The molecule has 748 valence electrons. The zero-order chi connectivity index (χ0) is 106. The Kier molecular flexibility index (Phi) is 68.4. The van der Waals surface area contributed by atoms with Crippen molar-refractivity contribution in [2.24, 2.45) is 0 Å². The lowest BCUT2D eigenvalue weighted by molar-refractivity contribution is 1.22. The van der Waals surface area contributed by atoms with Gasteiger partial charge in [-0.25, -0.2) is 0 Å². The summed E-state index contributed by atoms with van der Waals surface area (Å²) < 4.78 is 0. The minimum absolute atomic E-state index is 1.07. The van der Waals surface area contributed by atoms with Crippen LogP contribution >= 0.6 is 0 Å². The van der Waals surface area contributed by atoms with E-state index in [4.69, 9.17) is 0 Å². The van der Waals surface area contributed by atoms with E-state index in [1.54, 1.807) is 0 Å². The van der Waals surface area contributed by atoms with Crippen molar-refractivity contribution in [1.29, 1.82) is 0 Å². The van der Waals surface area contributed by atoms with Crippen molar-refractivity contribution in [1.82, 2.24) is 54.8 Å². The number of aromatic nitrogens is 11. The lowest BCUT2D eigenvalue weighted by atomic mass is 10.1. The Morgan fingerprint density at radius 3 is 1.10 bits per heavy atom. The van der Waals surface area contributed by atoms with E-state index in [0.717, 1.165) is 44.5 Å². The highest BCUT2D eigenvalue weighted by atomic mass is 14.7.